The van der Waals surface area contributed by atoms with Crippen LogP contribution in [0.25, 0.3) is 11.0 Å². The summed E-state index contributed by atoms with van der Waals surface area (Å²) in [5, 5.41) is 12.6. The van der Waals surface area contributed by atoms with Gasteiger partial charge in [0, 0.05) is 26.8 Å². The van der Waals surface area contributed by atoms with Crippen LogP contribution in [0.3, 0.4) is 0 Å². The predicted molar refractivity (Wildman–Crippen MR) is 72.4 cm³/mol. The Morgan fingerprint density at radius 3 is 2.68 bits per heavy atom. The number of aromatic nitrogens is 3. The van der Waals surface area contributed by atoms with E-state index < -0.39 is 17.4 Å². The smallest absolute Gasteiger partial charge is 0.332 e. The van der Waals surface area contributed by atoms with E-state index in [0.29, 0.717) is 23.3 Å². The Kier molecular flexibility index (Phi) is 3.39. The molecule has 1 atom stereocenters. The van der Waals surface area contributed by atoms with E-state index in [2.05, 4.69) is 10.3 Å². The van der Waals surface area contributed by atoms with E-state index in [9.17, 15) is 14.7 Å². The largest absolute Gasteiger partial charge is 0.392 e. The fraction of sp³-hybridized carbons (Fsp3) is 0.417. The third-order valence-corrected chi connectivity index (χ3v) is 2.93. The highest BCUT2D eigenvalue weighted by Crippen LogP contribution is 2.16. The van der Waals surface area contributed by atoms with Gasteiger partial charge < -0.3 is 10.4 Å². The lowest BCUT2D eigenvalue weighted by Crippen LogP contribution is -2.37. The molecule has 7 heteroatoms. The molecule has 2 rings (SSSR count). The molecule has 0 saturated heterocycles. The molecule has 0 bridgehead atoms. The second kappa shape index (κ2) is 4.85. The van der Waals surface area contributed by atoms with Gasteiger partial charge in [-0.2, -0.15) is 0 Å². The molecule has 0 radical (unpaired) electrons. The lowest BCUT2D eigenvalue weighted by molar-refractivity contribution is 0.208. The van der Waals surface area contributed by atoms with Gasteiger partial charge >= 0.3 is 5.69 Å². The van der Waals surface area contributed by atoms with Crippen LogP contribution in [-0.2, 0) is 14.1 Å². The van der Waals surface area contributed by atoms with Crippen LogP contribution >= 0.6 is 0 Å². The molecule has 0 spiro atoms. The van der Waals surface area contributed by atoms with Crippen LogP contribution in [0.2, 0.25) is 0 Å². The quantitative estimate of drug-likeness (QED) is 0.774. The van der Waals surface area contributed by atoms with Crippen molar-refractivity contribution >= 4 is 16.7 Å². The summed E-state index contributed by atoms with van der Waals surface area (Å²) in [6, 6.07) is 1.65. The minimum absolute atomic E-state index is 0.311. The Labute approximate surface area is 109 Å². The third-order valence-electron chi connectivity index (χ3n) is 2.93. The summed E-state index contributed by atoms with van der Waals surface area (Å²) < 4.78 is 2.36. The third kappa shape index (κ3) is 2.24. The highest BCUT2D eigenvalue weighted by molar-refractivity contribution is 5.87. The molecule has 0 aliphatic rings. The lowest BCUT2D eigenvalue weighted by atomic mass is 10.2. The first-order valence-electron chi connectivity index (χ1n) is 5.90. The van der Waals surface area contributed by atoms with Crippen LogP contribution in [-0.4, -0.2) is 31.9 Å². The van der Waals surface area contributed by atoms with Crippen molar-refractivity contribution in [1.29, 1.82) is 0 Å². The van der Waals surface area contributed by atoms with E-state index in [0.717, 1.165) is 4.57 Å². The molecule has 0 aliphatic carbocycles. The van der Waals surface area contributed by atoms with Gasteiger partial charge in [-0.3, -0.25) is 13.9 Å². The van der Waals surface area contributed by atoms with Crippen LogP contribution in [0.1, 0.15) is 6.92 Å². The molecule has 0 aromatic carbocycles. The number of aliphatic hydroxyl groups excluding tert-OH is 1. The normalized spacial score (nSPS) is 12.6. The molecule has 0 unspecified atom stereocenters. The zero-order chi connectivity index (χ0) is 14.2. The molecule has 2 N–H and O–H groups in total. The van der Waals surface area contributed by atoms with Crippen molar-refractivity contribution in [2.24, 2.45) is 14.1 Å². The van der Waals surface area contributed by atoms with Gasteiger partial charge in [-0.15, -0.1) is 0 Å². The molecular weight excluding hydrogens is 248 g/mol. The average molecular weight is 264 g/mol. The Morgan fingerprint density at radius 1 is 1.37 bits per heavy atom. The molecule has 2 heterocycles. The molecular formula is C12H16N4O3. The van der Waals surface area contributed by atoms with Crippen molar-refractivity contribution in [2.75, 3.05) is 11.9 Å². The Balaban J connectivity index is 2.75. The summed E-state index contributed by atoms with van der Waals surface area (Å²) >= 11 is 0. The van der Waals surface area contributed by atoms with Gasteiger partial charge in [-0.25, -0.2) is 9.78 Å². The number of hydrogen-bond acceptors (Lipinski definition) is 5. The lowest BCUT2D eigenvalue weighted by Gasteiger charge is -2.12. The molecule has 0 amide bonds. The number of aliphatic hydroxyl groups is 1. The van der Waals surface area contributed by atoms with Crippen molar-refractivity contribution in [3.8, 4) is 0 Å². The summed E-state index contributed by atoms with van der Waals surface area (Å²) in [6.45, 7) is 1.95. The summed E-state index contributed by atoms with van der Waals surface area (Å²) in [5.41, 5.74) is 0.0581. The van der Waals surface area contributed by atoms with Crippen LogP contribution < -0.4 is 16.6 Å². The maximum atomic E-state index is 12.2. The monoisotopic (exact) mass is 264 g/mol. The number of hydrogen-bond donors (Lipinski definition) is 2. The number of pyridine rings is 1. The van der Waals surface area contributed by atoms with E-state index >= 15 is 0 Å². The maximum Gasteiger partial charge on any atom is 0.332 e. The van der Waals surface area contributed by atoms with E-state index in [4.69, 9.17) is 0 Å². The fourth-order valence-electron chi connectivity index (χ4n) is 1.89. The minimum Gasteiger partial charge on any atom is -0.392 e. The first-order valence-corrected chi connectivity index (χ1v) is 5.90. The number of aryl methyl sites for hydroxylation is 1. The van der Waals surface area contributed by atoms with Crippen molar-refractivity contribution in [1.82, 2.24) is 14.1 Å². The maximum absolute atomic E-state index is 12.2. The summed E-state index contributed by atoms with van der Waals surface area (Å²) in [5.74, 6) is 0. The zero-order valence-corrected chi connectivity index (χ0v) is 11.0. The Morgan fingerprint density at radius 2 is 2.05 bits per heavy atom. The summed E-state index contributed by atoms with van der Waals surface area (Å²) in [6.07, 6.45) is 0.977. The zero-order valence-electron chi connectivity index (χ0n) is 11.0. The highest BCUT2D eigenvalue weighted by Gasteiger charge is 2.13. The molecule has 102 valence electrons. The van der Waals surface area contributed by atoms with Gasteiger partial charge in [0.15, 0.2) is 5.65 Å². The van der Waals surface area contributed by atoms with Gasteiger partial charge in [-0.1, -0.05) is 0 Å². The molecule has 7 nitrogen and oxygen atoms in total. The molecule has 0 aliphatic heterocycles. The standard InChI is InChI=1S/C12H16N4O3/c1-7(17)6-14-8-4-5-13-10-9(8)11(18)16(3)12(19)15(10)2/h4-5,7,17H,6H2,1-3H3,(H,13,14)/t7-/m0/s1. The van der Waals surface area contributed by atoms with Crippen molar-refractivity contribution in [3.63, 3.8) is 0 Å². The number of nitrogens with one attached hydrogen (secondary N) is 1. The van der Waals surface area contributed by atoms with E-state index in [1.165, 1.54) is 17.8 Å². The van der Waals surface area contributed by atoms with Gasteiger partial charge in [0.05, 0.1) is 11.8 Å². The van der Waals surface area contributed by atoms with Gasteiger partial charge in [0.25, 0.3) is 5.56 Å². The van der Waals surface area contributed by atoms with Crippen LogP contribution in [0.5, 0.6) is 0 Å². The number of fused-ring (bicyclic) bond motifs is 1. The van der Waals surface area contributed by atoms with Crippen molar-refractivity contribution in [3.05, 3.63) is 33.1 Å². The molecule has 2 aromatic rings. The molecule has 19 heavy (non-hydrogen) atoms. The fourth-order valence-corrected chi connectivity index (χ4v) is 1.89. The van der Waals surface area contributed by atoms with Gasteiger partial charge in [0.2, 0.25) is 0 Å². The SMILES string of the molecule is C[C@H](O)CNc1ccnc2c1c(=O)n(C)c(=O)n2C. The molecule has 0 saturated carbocycles. The van der Waals surface area contributed by atoms with Crippen LogP contribution in [0, 0.1) is 0 Å². The minimum atomic E-state index is -0.542. The van der Waals surface area contributed by atoms with Crippen molar-refractivity contribution in [2.45, 2.75) is 13.0 Å². The number of rotatable bonds is 3. The Bertz CT molecular complexity index is 730. The molecule has 0 fully saturated rings. The second-order valence-corrected chi connectivity index (χ2v) is 4.49. The highest BCUT2D eigenvalue weighted by atomic mass is 16.3. The van der Waals surface area contributed by atoms with Gasteiger partial charge in [0.1, 0.15) is 5.39 Å². The summed E-state index contributed by atoms with van der Waals surface area (Å²) in [7, 11) is 2.99. The van der Waals surface area contributed by atoms with Crippen LogP contribution in [0.15, 0.2) is 21.9 Å². The first kappa shape index (κ1) is 13.3. The second-order valence-electron chi connectivity index (χ2n) is 4.49. The molecule has 2 aromatic heterocycles. The van der Waals surface area contributed by atoms with Gasteiger partial charge in [-0.05, 0) is 13.0 Å². The van der Waals surface area contributed by atoms with Crippen LogP contribution in [0.4, 0.5) is 5.69 Å². The average Bonchev–Trinajstić information content (AvgIpc) is 2.39. The number of nitrogens with zero attached hydrogens (tertiary/aromatic N) is 3. The first-order chi connectivity index (χ1) is 8.93. The van der Waals surface area contributed by atoms with E-state index in [1.54, 1.807) is 20.0 Å². The predicted octanol–water partition coefficient (Wildman–Crippen LogP) is -0.575. The van der Waals surface area contributed by atoms with Crippen molar-refractivity contribution < 1.29 is 5.11 Å². The summed E-state index contributed by atoms with van der Waals surface area (Å²) in [4.78, 5) is 28.1. The van der Waals surface area contributed by atoms with E-state index in [1.807, 2.05) is 0 Å². The topological polar surface area (TPSA) is 89.2 Å². The van der Waals surface area contributed by atoms with E-state index in [-0.39, 0.29) is 0 Å². The number of anilines is 1. The Hall–Kier alpha value is -2.15.